The fourth-order valence-corrected chi connectivity index (χ4v) is 1.72. The van der Waals surface area contributed by atoms with Crippen molar-refractivity contribution in [3.63, 3.8) is 0 Å². The van der Waals surface area contributed by atoms with Crippen molar-refractivity contribution in [3.8, 4) is 0 Å². The summed E-state index contributed by atoms with van der Waals surface area (Å²) >= 11 is 4.32. The summed E-state index contributed by atoms with van der Waals surface area (Å²) in [5.41, 5.74) is 1.28. The first-order chi connectivity index (χ1) is 11.5. The van der Waals surface area contributed by atoms with Crippen LogP contribution in [0.1, 0.15) is 16.7 Å². The lowest BCUT2D eigenvalue weighted by Gasteiger charge is -2.30. The highest BCUT2D eigenvalue weighted by atomic mass is 32.1. The summed E-state index contributed by atoms with van der Waals surface area (Å²) in [5, 5.41) is 2.76. The van der Waals surface area contributed by atoms with Crippen LogP contribution in [0.25, 0.3) is 0 Å². The second-order valence-corrected chi connectivity index (χ2v) is 5.12. The molecule has 26 heavy (non-hydrogen) atoms. The van der Waals surface area contributed by atoms with E-state index in [0.29, 0.717) is 12.3 Å². The van der Waals surface area contributed by atoms with Gasteiger partial charge in [0.1, 0.15) is 0 Å². The lowest BCUT2D eigenvalue weighted by molar-refractivity contribution is -0.360. The maximum absolute atomic E-state index is 13.8. The van der Waals surface area contributed by atoms with Gasteiger partial charge in [0.2, 0.25) is 0 Å². The van der Waals surface area contributed by atoms with Gasteiger partial charge in [-0.3, -0.25) is 5.43 Å². The Morgan fingerprint density at radius 2 is 1.50 bits per heavy atom. The number of nitrogens with two attached hydrogens (primary N) is 1. The van der Waals surface area contributed by atoms with E-state index in [-0.39, 0.29) is 12.1 Å². The average molecular weight is 415 g/mol. The number of benzene rings is 1. The van der Waals surface area contributed by atoms with Crippen LogP contribution in [0.4, 0.5) is 43.9 Å². The van der Waals surface area contributed by atoms with Crippen molar-refractivity contribution >= 4 is 23.5 Å². The van der Waals surface area contributed by atoms with E-state index in [4.69, 9.17) is 5.73 Å². The van der Waals surface area contributed by atoms with Gasteiger partial charge in [-0.2, -0.15) is 49.0 Å². The second kappa shape index (κ2) is 6.89. The number of rotatable bonds is 4. The van der Waals surface area contributed by atoms with Gasteiger partial charge in [0, 0.05) is 5.56 Å². The molecular weight excluding hydrogens is 408 g/mol. The number of alkyl halides is 10. The van der Waals surface area contributed by atoms with Gasteiger partial charge in [-0.1, -0.05) is 6.07 Å². The van der Waals surface area contributed by atoms with Crippen molar-refractivity contribution in [2.75, 3.05) is 0 Å². The quantitative estimate of drug-likeness (QED) is 0.336. The van der Waals surface area contributed by atoms with Gasteiger partial charge in [-0.05, 0) is 29.9 Å². The molecule has 0 amide bonds. The molecule has 14 heteroatoms. The highest BCUT2D eigenvalue weighted by Crippen LogP contribution is 2.54. The Morgan fingerprint density at radius 3 is 1.92 bits per heavy atom. The molecule has 0 spiro atoms. The summed E-state index contributed by atoms with van der Waals surface area (Å²) in [7, 11) is 0. The minimum absolute atomic E-state index is 0.0716. The van der Waals surface area contributed by atoms with Crippen molar-refractivity contribution < 1.29 is 43.9 Å². The molecule has 0 aliphatic rings. The predicted molar refractivity (Wildman–Crippen MR) is 73.9 cm³/mol. The molecule has 0 radical (unpaired) electrons. The van der Waals surface area contributed by atoms with Crippen molar-refractivity contribution in [2.24, 2.45) is 10.8 Å². The lowest BCUT2D eigenvalue weighted by atomic mass is 9.94. The zero-order valence-corrected chi connectivity index (χ0v) is 12.8. The van der Waals surface area contributed by atoms with Crippen molar-refractivity contribution in [2.45, 2.75) is 24.2 Å². The van der Waals surface area contributed by atoms with Gasteiger partial charge in [0.25, 0.3) is 0 Å². The number of nitrogens with one attached hydrogen (secondary N) is 1. The first-order valence-corrected chi connectivity index (χ1v) is 6.55. The Balaban J connectivity index is 3.59. The standard InChI is InChI=1S/C12H7F10N3S/c13-9(14,11(18,19)12(20,21)22)7-3-5(4-24-25-8(23)26)1-2-6(7)10(15,16)17/h1-4H,(H3,23,25,26). The van der Waals surface area contributed by atoms with E-state index in [9.17, 15) is 43.9 Å². The SMILES string of the molecule is NC(=S)NN=Cc1ccc(C(F)(F)F)c(C(F)(F)C(F)(F)C(F)(F)F)c1. The molecule has 146 valence electrons. The molecule has 0 aromatic heterocycles. The normalized spacial score (nSPS) is 13.9. The molecule has 0 unspecified atom stereocenters. The molecule has 0 saturated heterocycles. The Bertz CT molecular complexity index is 708. The fraction of sp³-hybridized carbons (Fsp3) is 0.333. The summed E-state index contributed by atoms with van der Waals surface area (Å²) in [4.78, 5) is 0. The minimum atomic E-state index is -6.79. The Kier molecular flexibility index (Phi) is 5.81. The van der Waals surface area contributed by atoms with E-state index in [0.717, 1.165) is 0 Å². The van der Waals surface area contributed by atoms with Crippen LogP contribution in [-0.2, 0) is 12.1 Å². The van der Waals surface area contributed by atoms with E-state index in [2.05, 4.69) is 17.3 Å². The van der Waals surface area contributed by atoms with Crippen LogP contribution in [0.3, 0.4) is 0 Å². The molecule has 3 nitrogen and oxygen atoms in total. The molecule has 3 N–H and O–H groups in total. The van der Waals surface area contributed by atoms with Crippen LogP contribution in [0.15, 0.2) is 23.3 Å². The molecule has 0 heterocycles. The topological polar surface area (TPSA) is 50.4 Å². The van der Waals surface area contributed by atoms with Gasteiger partial charge in [-0.15, -0.1) is 0 Å². The van der Waals surface area contributed by atoms with Gasteiger partial charge < -0.3 is 5.73 Å². The van der Waals surface area contributed by atoms with Crippen LogP contribution < -0.4 is 11.2 Å². The molecule has 0 bridgehead atoms. The largest absolute Gasteiger partial charge is 0.460 e. The molecule has 0 aliphatic carbocycles. The Labute approximate surface area is 143 Å². The summed E-state index contributed by atoms with van der Waals surface area (Å²) in [5.74, 6) is -13.0. The van der Waals surface area contributed by atoms with Gasteiger partial charge >= 0.3 is 24.2 Å². The Morgan fingerprint density at radius 1 is 0.962 bits per heavy atom. The van der Waals surface area contributed by atoms with E-state index < -0.39 is 46.0 Å². The number of halogens is 10. The zero-order chi connectivity index (χ0) is 20.6. The third-order valence-electron chi connectivity index (χ3n) is 2.83. The molecule has 0 saturated carbocycles. The molecule has 1 aromatic rings. The molecule has 1 rings (SSSR count). The summed E-state index contributed by atoms with van der Waals surface area (Å²) in [6, 6.07) is 0.268. The summed E-state index contributed by atoms with van der Waals surface area (Å²) < 4.78 is 129. The highest BCUT2D eigenvalue weighted by molar-refractivity contribution is 7.80. The van der Waals surface area contributed by atoms with Crippen LogP contribution in [0, 0.1) is 0 Å². The smallest absolute Gasteiger partial charge is 0.375 e. The van der Waals surface area contributed by atoms with E-state index in [1.165, 1.54) is 0 Å². The van der Waals surface area contributed by atoms with Crippen molar-refractivity contribution in [3.05, 3.63) is 34.9 Å². The number of hydrogen-bond acceptors (Lipinski definition) is 2. The van der Waals surface area contributed by atoms with Gasteiger partial charge in [0.15, 0.2) is 5.11 Å². The van der Waals surface area contributed by atoms with E-state index in [1.54, 1.807) is 0 Å². The number of hydrazone groups is 1. The van der Waals surface area contributed by atoms with Crippen molar-refractivity contribution in [1.29, 1.82) is 0 Å². The van der Waals surface area contributed by atoms with Gasteiger partial charge in [-0.25, -0.2) is 0 Å². The van der Waals surface area contributed by atoms with Crippen molar-refractivity contribution in [1.82, 2.24) is 5.43 Å². The Hall–Kier alpha value is -2.12. The van der Waals surface area contributed by atoms with E-state index >= 15 is 0 Å². The molecular formula is C12H7F10N3S. The molecule has 0 atom stereocenters. The average Bonchev–Trinajstić information content (AvgIpc) is 2.44. The van der Waals surface area contributed by atoms with Gasteiger partial charge in [0.05, 0.1) is 11.8 Å². The van der Waals surface area contributed by atoms with E-state index in [1.807, 2.05) is 5.43 Å². The second-order valence-electron chi connectivity index (χ2n) is 4.68. The number of nitrogens with zero attached hydrogens (tertiary/aromatic N) is 1. The lowest BCUT2D eigenvalue weighted by Crippen LogP contribution is -2.50. The summed E-state index contributed by atoms with van der Waals surface area (Å²) in [6.07, 6.45) is -11.9. The third-order valence-corrected chi connectivity index (χ3v) is 2.92. The number of hydrogen-bond donors (Lipinski definition) is 2. The number of thiocarbonyl (C=S) groups is 1. The maximum Gasteiger partial charge on any atom is 0.460 e. The molecule has 0 aliphatic heterocycles. The summed E-state index contributed by atoms with van der Waals surface area (Å²) in [6.45, 7) is 0. The fourth-order valence-electron chi connectivity index (χ4n) is 1.67. The van der Waals surface area contributed by atoms with Crippen LogP contribution in [0.5, 0.6) is 0 Å². The monoisotopic (exact) mass is 415 g/mol. The minimum Gasteiger partial charge on any atom is -0.375 e. The first kappa shape index (κ1) is 21.9. The third kappa shape index (κ3) is 4.34. The highest BCUT2D eigenvalue weighted by Gasteiger charge is 2.74. The van der Waals surface area contributed by atoms with Crippen LogP contribution in [0.2, 0.25) is 0 Å². The zero-order valence-electron chi connectivity index (χ0n) is 12.0. The molecule has 1 aromatic carbocycles. The molecule has 0 fully saturated rings. The maximum atomic E-state index is 13.8. The first-order valence-electron chi connectivity index (χ1n) is 6.14. The van der Waals surface area contributed by atoms with Crippen LogP contribution in [-0.4, -0.2) is 23.4 Å². The predicted octanol–water partition coefficient (Wildman–Crippen LogP) is 4.16. The van der Waals surface area contributed by atoms with Crippen LogP contribution >= 0.6 is 12.2 Å².